The van der Waals surface area contributed by atoms with E-state index >= 15 is 0 Å². The molecule has 1 aromatic heterocycles. The van der Waals surface area contributed by atoms with Gasteiger partial charge < -0.3 is 9.88 Å². The number of imidazole rings is 1. The zero-order valence-corrected chi connectivity index (χ0v) is 10.4. The highest BCUT2D eigenvalue weighted by molar-refractivity contribution is 4.99. The van der Waals surface area contributed by atoms with Gasteiger partial charge in [-0.1, -0.05) is 19.3 Å². The van der Waals surface area contributed by atoms with Gasteiger partial charge in [0.05, 0.1) is 12.0 Å². The van der Waals surface area contributed by atoms with Crippen LogP contribution in [0.2, 0.25) is 0 Å². The monoisotopic (exact) mass is 221 g/mol. The third-order valence-corrected chi connectivity index (χ3v) is 3.56. The molecule has 1 aliphatic rings. The van der Waals surface area contributed by atoms with Gasteiger partial charge >= 0.3 is 0 Å². The van der Waals surface area contributed by atoms with E-state index in [-0.39, 0.29) is 0 Å². The lowest BCUT2D eigenvalue weighted by Gasteiger charge is -2.25. The number of nitrogens with one attached hydrogen (secondary N) is 1. The van der Waals surface area contributed by atoms with Gasteiger partial charge in [0.25, 0.3) is 0 Å². The minimum absolute atomic E-state index is 0.505. The van der Waals surface area contributed by atoms with E-state index in [4.69, 9.17) is 0 Å². The molecule has 1 fully saturated rings. The van der Waals surface area contributed by atoms with Crippen molar-refractivity contribution in [1.82, 2.24) is 14.9 Å². The molecule has 0 bridgehead atoms. The van der Waals surface area contributed by atoms with Crippen molar-refractivity contribution in [1.29, 1.82) is 0 Å². The first-order valence-corrected chi connectivity index (χ1v) is 6.49. The van der Waals surface area contributed by atoms with Crippen LogP contribution in [0, 0.1) is 5.92 Å². The number of hydrogen-bond donors (Lipinski definition) is 1. The lowest BCUT2D eigenvalue weighted by molar-refractivity contribution is 0.291. The van der Waals surface area contributed by atoms with Crippen molar-refractivity contribution in [2.75, 3.05) is 6.54 Å². The molecule has 90 valence electrons. The molecule has 0 saturated heterocycles. The van der Waals surface area contributed by atoms with Crippen molar-refractivity contribution in [3.63, 3.8) is 0 Å². The van der Waals surface area contributed by atoms with Crippen molar-refractivity contribution in [3.05, 3.63) is 18.2 Å². The van der Waals surface area contributed by atoms with Gasteiger partial charge in [-0.3, -0.25) is 0 Å². The molecule has 1 saturated carbocycles. The Kier molecular flexibility index (Phi) is 3.99. The molecule has 2 rings (SSSR count). The lowest BCUT2D eigenvalue weighted by atomic mass is 9.83. The molecular weight excluding hydrogens is 198 g/mol. The third-order valence-electron chi connectivity index (χ3n) is 3.56. The van der Waals surface area contributed by atoms with E-state index in [0.717, 1.165) is 19.0 Å². The third kappa shape index (κ3) is 2.85. The number of aromatic nitrogens is 2. The minimum Gasteiger partial charge on any atom is -0.331 e. The summed E-state index contributed by atoms with van der Waals surface area (Å²) >= 11 is 0. The summed E-state index contributed by atoms with van der Waals surface area (Å²) in [5.41, 5.74) is 1.30. The van der Waals surface area contributed by atoms with E-state index in [2.05, 4.69) is 28.7 Å². The first-order valence-electron chi connectivity index (χ1n) is 6.49. The summed E-state index contributed by atoms with van der Waals surface area (Å²) in [6, 6.07) is 0.505. The van der Waals surface area contributed by atoms with Crippen LogP contribution in [-0.2, 0) is 6.54 Å². The molecule has 16 heavy (non-hydrogen) atoms. The standard InChI is InChI=1S/C13H23N3/c1-11(2)16-10-15-9-13(16)8-14-7-6-12-4-3-5-12/h9-12,14H,3-8H2,1-2H3. The van der Waals surface area contributed by atoms with E-state index in [1.165, 1.54) is 31.4 Å². The molecule has 0 aromatic carbocycles. The van der Waals surface area contributed by atoms with Gasteiger partial charge in [-0.2, -0.15) is 0 Å². The molecule has 0 spiro atoms. The summed E-state index contributed by atoms with van der Waals surface area (Å²) in [7, 11) is 0. The maximum atomic E-state index is 4.21. The first kappa shape index (κ1) is 11.6. The van der Waals surface area contributed by atoms with Crippen LogP contribution in [0.15, 0.2) is 12.5 Å². The SMILES string of the molecule is CC(C)n1cncc1CNCCC1CCC1. The van der Waals surface area contributed by atoms with Crippen LogP contribution in [0.5, 0.6) is 0 Å². The second kappa shape index (κ2) is 5.48. The quantitative estimate of drug-likeness (QED) is 0.749. The lowest BCUT2D eigenvalue weighted by Crippen LogP contribution is -2.22. The highest BCUT2D eigenvalue weighted by atomic mass is 15.1. The average molecular weight is 221 g/mol. The molecule has 1 aliphatic carbocycles. The van der Waals surface area contributed by atoms with Gasteiger partial charge in [0, 0.05) is 18.8 Å². The van der Waals surface area contributed by atoms with Gasteiger partial charge in [0.2, 0.25) is 0 Å². The second-order valence-electron chi connectivity index (χ2n) is 5.15. The van der Waals surface area contributed by atoms with Crippen LogP contribution in [0.25, 0.3) is 0 Å². The number of rotatable bonds is 6. The van der Waals surface area contributed by atoms with E-state index in [0.29, 0.717) is 6.04 Å². The van der Waals surface area contributed by atoms with Crippen LogP contribution < -0.4 is 5.32 Å². The molecule has 0 atom stereocenters. The Morgan fingerprint density at radius 2 is 2.31 bits per heavy atom. The topological polar surface area (TPSA) is 29.9 Å². The normalized spacial score (nSPS) is 16.7. The summed E-state index contributed by atoms with van der Waals surface area (Å²) in [5, 5.41) is 3.52. The predicted octanol–water partition coefficient (Wildman–Crippen LogP) is 2.74. The van der Waals surface area contributed by atoms with Gasteiger partial charge in [0.15, 0.2) is 0 Å². The molecule has 0 aliphatic heterocycles. The highest BCUT2D eigenvalue weighted by Crippen LogP contribution is 2.28. The van der Waals surface area contributed by atoms with E-state index in [1.807, 2.05) is 12.5 Å². The fourth-order valence-electron chi connectivity index (χ4n) is 2.24. The number of hydrogen-bond acceptors (Lipinski definition) is 2. The Balaban J connectivity index is 1.69. The average Bonchev–Trinajstić information content (AvgIpc) is 2.62. The summed E-state index contributed by atoms with van der Waals surface area (Å²) < 4.78 is 2.23. The largest absolute Gasteiger partial charge is 0.331 e. The zero-order valence-electron chi connectivity index (χ0n) is 10.4. The Labute approximate surface area is 98.3 Å². The van der Waals surface area contributed by atoms with Crippen molar-refractivity contribution in [3.8, 4) is 0 Å². The Bertz CT molecular complexity index is 313. The van der Waals surface area contributed by atoms with Crippen LogP contribution in [0.4, 0.5) is 0 Å². The van der Waals surface area contributed by atoms with Gasteiger partial charge in [-0.15, -0.1) is 0 Å². The van der Waals surface area contributed by atoms with Crippen molar-refractivity contribution >= 4 is 0 Å². The predicted molar refractivity (Wildman–Crippen MR) is 66.3 cm³/mol. The molecule has 1 aromatic rings. The fourth-order valence-corrected chi connectivity index (χ4v) is 2.24. The molecule has 3 heteroatoms. The summed E-state index contributed by atoms with van der Waals surface area (Å²) in [4.78, 5) is 4.21. The van der Waals surface area contributed by atoms with Crippen molar-refractivity contribution in [2.45, 2.75) is 52.1 Å². The van der Waals surface area contributed by atoms with Crippen LogP contribution in [-0.4, -0.2) is 16.1 Å². The second-order valence-corrected chi connectivity index (χ2v) is 5.15. The first-order chi connectivity index (χ1) is 7.77. The van der Waals surface area contributed by atoms with E-state index in [9.17, 15) is 0 Å². The van der Waals surface area contributed by atoms with Gasteiger partial charge in [0.1, 0.15) is 0 Å². The van der Waals surface area contributed by atoms with E-state index in [1.54, 1.807) is 0 Å². The molecule has 1 heterocycles. The summed E-state index contributed by atoms with van der Waals surface area (Å²) in [5.74, 6) is 1.00. The minimum atomic E-state index is 0.505. The van der Waals surface area contributed by atoms with Gasteiger partial charge in [-0.05, 0) is 32.7 Å². The number of nitrogens with zero attached hydrogens (tertiary/aromatic N) is 2. The van der Waals surface area contributed by atoms with E-state index < -0.39 is 0 Å². The smallest absolute Gasteiger partial charge is 0.0951 e. The highest BCUT2D eigenvalue weighted by Gasteiger charge is 2.16. The summed E-state index contributed by atoms with van der Waals surface area (Å²) in [6.07, 6.45) is 9.59. The molecule has 0 unspecified atom stereocenters. The molecule has 0 radical (unpaired) electrons. The molecular formula is C13H23N3. The van der Waals surface area contributed by atoms with Crippen LogP contribution in [0.3, 0.4) is 0 Å². The maximum Gasteiger partial charge on any atom is 0.0951 e. The Hall–Kier alpha value is -0.830. The van der Waals surface area contributed by atoms with Crippen molar-refractivity contribution in [2.24, 2.45) is 5.92 Å². The molecule has 0 amide bonds. The van der Waals surface area contributed by atoms with Gasteiger partial charge in [-0.25, -0.2) is 4.98 Å². The van der Waals surface area contributed by atoms with Crippen molar-refractivity contribution < 1.29 is 0 Å². The zero-order chi connectivity index (χ0) is 11.4. The Morgan fingerprint density at radius 1 is 1.50 bits per heavy atom. The van der Waals surface area contributed by atoms with Crippen LogP contribution in [0.1, 0.15) is 51.3 Å². The molecule has 1 N–H and O–H groups in total. The molecule has 3 nitrogen and oxygen atoms in total. The summed E-state index contributed by atoms with van der Waals surface area (Å²) in [6.45, 7) is 6.48. The fraction of sp³-hybridized carbons (Fsp3) is 0.769. The maximum absolute atomic E-state index is 4.21. The van der Waals surface area contributed by atoms with Crippen LogP contribution >= 0.6 is 0 Å². The Morgan fingerprint density at radius 3 is 2.94 bits per heavy atom.